The minimum Gasteiger partial charge on any atom is -0.297 e. The standard InChI is InChI=1S/C15H22FNO/c1-6-15(3,17(4)5)14(18)10-12-7-8-13(16)9-11(12)2/h7-9H,6,10H2,1-5H3. The molecule has 0 saturated carbocycles. The zero-order chi connectivity index (χ0) is 13.9. The molecule has 0 aliphatic carbocycles. The van der Waals surface area contributed by atoms with E-state index >= 15 is 0 Å². The lowest BCUT2D eigenvalue weighted by Gasteiger charge is -2.34. The molecule has 0 N–H and O–H groups in total. The van der Waals surface area contributed by atoms with Crippen molar-refractivity contribution in [3.05, 3.63) is 35.1 Å². The van der Waals surface area contributed by atoms with Gasteiger partial charge in [-0.15, -0.1) is 0 Å². The van der Waals surface area contributed by atoms with Crippen molar-refractivity contribution in [2.24, 2.45) is 0 Å². The minimum atomic E-state index is -0.458. The van der Waals surface area contributed by atoms with E-state index in [1.54, 1.807) is 6.07 Å². The molecular formula is C15H22FNO. The Bertz CT molecular complexity index is 442. The molecule has 1 unspecified atom stereocenters. The molecule has 3 heteroatoms. The summed E-state index contributed by atoms with van der Waals surface area (Å²) in [5, 5.41) is 0. The molecule has 0 heterocycles. The Morgan fingerprint density at radius 1 is 1.39 bits per heavy atom. The van der Waals surface area contributed by atoms with Crippen molar-refractivity contribution < 1.29 is 9.18 Å². The van der Waals surface area contributed by atoms with Gasteiger partial charge in [-0.2, -0.15) is 0 Å². The second kappa shape index (κ2) is 5.61. The predicted molar refractivity (Wildman–Crippen MR) is 72.2 cm³/mol. The molecule has 1 aromatic rings. The number of carbonyl (C=O) groups is 1. The molecule has 0 bridgehead atoms. The predicted octanol–water partition coefficient (Wildman–Crippen LogP) is 2.98. The van der Waals surface area contributed by atoms with Gasteiger partial charge in [0, 0.05) is 6.42 Å². The van der Waals surface area contributed by atoms with E-state index in [0.29, 0.717) is 6.42 Å². The lowest BCUT2D eigenvalue weighted by molar-refractivity contribution is -0.128. The Hall–Kier alpha value is -1.22. The van der Waals surface area contributed by atoms with Gasteiger partial charge in [-0.1, -0.05) is 13.0 Å². The number of Topliss-reactive ketones (excluding diaryl/α,β-unsaturated/α-hetero) is 1. The Labute approximate surface area is 109 Å². The second-order valence-corrected chi connectivity index (χ2v) is 5.19. The lowest BCUT2D eigenvalue weighted by atomic mass is 9.87. The summed E-state index contributed by atoms with van der Waals surface area (Å²) in [4.78, 5) is 14.4. The number of hydrogen-bond acceptors (Lipinski definition) is 2. The van der Waals surface area contributed by atoms with Crippen molar-refractivity contribution in [3.63, 3.8) is 0 Å². The van der Waals surface area contributed by atoms with Gasteiger partial charge in [-0.25, -0.2) is 4.39 Å². The van der Waals surface area contributed by atoms with Crippen LogP contribution >= 0.6 is 0 Å². The summed E-state index contributed by atoms with van der Waals surface area (Å²) < 4.78 is 13.0. The van der Waals surface area contributed by atoms with Gasteiger partial charge >= 0.3 is 0 Å². The smallest absolute Gasteiger partial charge is 0.157 e. The monoisotopic (exact) mass is 251 g/mol. The number of ketones is 1. The highest BCUT2D eigenvalue weighted by Crippen LogP contribution is 2.21. The zero-order valence-electron chi connectivity index (χ0n) is 11.9. The maximum Gasteiger partial charge on any atom is 0.157 e. The second-order valence-electron chi connectivity index (χ2n) is 5.19. The van der Waals surface area contributed by atoms with Crippen molar-refractivity contribution in [2.75, 3.05) is 14.1 Å². The molecule has 0 spiro atoms. The number of carbonyl (C=O) groups excluding carboxylic acids is 1. The average Bonchev–Trinajstić information content (AvgIpc) is 2.31. The van der Waals surface area contributed by atoms with Gasteiger partial charge in [-0.3, -0.25) is 9.69 Å². The van der Waals surface area contributed by atoms with Crippen LogP contribution in [0.15, 0.2) is 18.2 Å². The van der Waals surface area contributed by atoms with Crippen LogP contribution in [0.2, 0.25) is 0 Å². The summed E-state index contributed by atoms with van der Waals surface area (Å²) in [6.07, 6.45) is 1.12. The summed E-state index contributed by atoms with van der Waals surface area (Å²) in [5.74, 6) is -0.0840. The highest BCUT2D eigenvalue weighted by atomic mass is 19.1. The lowest BCUT2D eigenvalue weighted by Crippen LogP contribution is -2.48. The SMILES string of the molecule is CCC(C)(C(=O)Cc1ccc(F)cc1C)N(C)C. The first-order valence-electron chi connectivity index (χ1n) is 6.27. The van der Waals surface area contributed by atoms with Crippen molar-refractivity contribution >= 4 is 5.78 Å². The third-order valence-electron chi connectivity index (χ3n) is 3.93. The van der Waals surface area contributed by atoms with Crippen molar-refractivity contribution in [1.82, 2.24) is 4.90 Å². The normalized spacial score (nSPS) is 14.6. The Morgan fingerprint density at radius 2 is 2.00 bits per heavy atom. The molecular weight excluding hydrogens is 229 g/mol. The van der Waals surface area contributed by atoms with E-state index < -0.39 is 5.54 Å². The third-order valence-corrected chi connectivity index (χ3v) is 3.93. The largest absolute Gasteiger partial charge is 0.297 e. The molecule has 0 aliphatic rings. The van der Waals surface area contributed by atoms with Gasteiger partial charge in [0.15, 0.2) is 5.78 Å². The highest BCUT2D eigenvalue weighted by molar-refractivity contribution is 5.89. The fourth-order valence-corrected chi connectivity index (χ4v) is 1.98. The maximum atomic E-state index is 13.0. The number of aryl methyl sites for hydroxylation is 1. The number of benzene rings is 1. The van der Waals surface area contributed by atoms with Crippen LogP contribution < -0.4 is 0 Å². The van der Waals surface area contributed by atoms with E-state index in [2.05, 4.69) is 0 Å². The van der Waals surface area contributed by atoms with Crippen LogP contribution in [-0.4, -0.2) is 30.3 Å². The van der Waals surface area contributed by atoms with E-state index in [9.17, 15) is 9.18 Å². The van der Waals surface area contributed by atoms with Crippen molar-refractivity contribution in [3.8, 4) is 0 Å². The number of hydrogen-bond donors (Lipinski definition) is 0. The highest BCUT2D eigenvalue weighted by Gasteiger charge is 2.33. The molecule has 18 heavy (non-hydrogen) atoms. The fraction of sp³-hybridized carbons (Fsp3) is 0.533. The summed E-state index contributed by atoms with van der Waals surface area (Å²) >= 11 is 0. The number of nitrogens with zero attached hydrogens (tertiary/aromatic N) is 1. The van der Waals surface area contributed by atoms with Gasteiger partial charge in [0.1, 0.15) is 5.82 Å². The molecule has 0 aliphatic heterocycles. The van der Waals surface area contributed by atoms with Gasteiger partial charge in [-0.05, 0) is 57.6 Å². The van der Waals surface area contributed by atoms with Crippen LogP contribution in [0.4, 0.5) is 4.39 Å². The molecule has 100 valence electrons. The van der Waals surface area contributed by atoms with E-state index in [4.69, 9.17) is 0 Å². The molecule has 0 amide bonds. The third kappa shape index (κ3) is 2.96. The van der Waals surface area contributed by atoms with Crippen LogP contribution in [0, 0.1) is 12.7 Å². The van der Waals surface area contributed by atoms with E-state index in [1.807, 2.05) is 39.8 Å². The summed E-state index contributed by atoms with van der Waals surface area (Å²) in [5.41, 5.74) is 1.28. The van der Waals surface area contributed by atoms with Crippen LogP contribution in [0.1, 0.15) is 31.4 Å². The molecule has 1 aromatic carbocycles. The topological polar surface area (TPSA) is 20.3 Å². The van der Waals surface area contributed by atoms with Gasteiger partial charge in [0.2, 0.25) is 0 Å². The first kappa shape index (κ1) is 14.8. The summed E-state index contributed by atoms with van der Waals surface area (Å²) in [7, 11) is 3.83. The van der Waals surface area contributed by atoms with E-state index in [-0.39, 0.29) is 11.6 Å². The Kier molecular flexibility index (Phi) is 4.63. The summed E-state index contributed by atoms with van der Waals surface area (Å²) in [6, 6.07) is 4.59. The van der Waals surface area contributed by atoms with Gasteiger partial charge < -0.3 is 0 Å². The van der Waals surface area contributed by atoms with Gasteiger partial charge in [0.05, 0.1) is 5.54 Å². The number of rotatable bonds is 5. The quantitative estimate of drug-likeness (QED) is 0.802. The van der Waals surface area contributed by atoms with Crippen molar-refractivity contribution in [1.29, 1.82) is 0 Å². The van der Waals surface area contributed by atoms with Crippen LogP contribution in [0.5, 0.6) is 0 Å². The molecule has 0 radical (unpaired) electrons. The molecule has 1 atom stereocenters. The average molecular weight is 251 g/mol. The molecule has 1 rings (SSSR count). The van der Waals surface area contributed by atoms with Crippen LogP contribution in [0.3, 0.4) is 0 Å². The van der Waals surface area contributed by atoms with Crippen LogP contribution in [-0.2, 0) is 11.2 Å². The summed E-state index contributed by atoms with van der Waals surface area (Å²) in [6.45, 7) is 5.80. The first-order chi connectivity index (χ1) is 8.31. The maximum absolute atomic E-state index is 13.0. The zero-order valence-corrected chi connectivity index (χ0v) is 11.9. The molecule has 2 nitrogen and oxygen atoms in total. The molecule has 0 saturated heterocycles. The molecule has 0 fully saturated rings. The fourth-order valence-electron chi connectivity index (χ4n) is 1.98. The molecule has 0 aromatic heterocycles. The Morgan fingerprint density at radius 3 is 2.44 bits per heavy atom. The van der Waals surface area contributed by atoms with E-state index in [0.717, 1.165) is 17.5 Å². The van der Waals surface area contributed by atoms with Gasteiger partial charge in [0.25, 0.3) is 0 Å². The van der Waals surface area contributed by atoms with E-state index in [1.165, 1.54) is 12.1 Å². The number of likely N-dealkylation sites (N-methyl/N-ethyl adjacent to an activating group) is 1. The first-order valence-corrected chi connectivity index (χ1v) is 6.27. The number of halogens is 1. The minimum absolute atomic E-state index is 0.171. The Balaban J connectivity index is 2.93. The van der Waals surface area contributed by atoms with Crippen LogP contribution in [0.25, 0.3) is 0 Å². The van der Waals surface area contributed by atoms with Crippen molar-refractivity contribution in [2.45, 2.75) is 39.2 Å².